The van der Waals surface area contributed by atoms with Crippen molar-refractivity contribution >= 4 is 34.7 Å². The van der Waals surface area contributed by atoms with Crippen LogP contribution in [-0.2, 0) is 15.8 Å². The van der Waals surface area contributed by atoms with Crippen molar-refractivity contribution in [2.24, 2.45) is 0 Å². The van der Waals surface area contributed by atoms with Crippen LogP contribution in [0.3, 0.4) is 0 Å². The van der Waals surface area contributed by atoms with Crippen LogP contribution in [-0.4, -0.2) is 23.4 Å². The van der Waals surface area contributed by atoms with Crippen molar-refractivity contribution in [1.29, 1.82) is 0 Å². The Morgan fingerprint density at radius 3 is 2.44 bits per heavy atom. The van der Waals surface area contributed by atoms with Crippen LogP contribution in [0, 0.1) is 6.92 Å². The van der Waals surface area contributed by atoms with E-state index in [0.29, 0.717) is 17.9 Å². The molecule has 1 aliphatic heterocycles. The van der Waals surface area contributed by atoms with E-state index in [1.165, 1.54) is 18.2 Å². The molecule has 1 N–H and O–H groups in total. The summed E-state index contributed by atoms with van der Waals surface area (Å²) in [5.74, 6) is -2.29. The molecule has 0 saturated carbocycles. The zero-order valence-electron chi connectivity index (χ0n) is 19.3. The van der Waals surface area contributed by atoms with Crippen molar-refractivity contribution in [3.8, 4) is 5.75 Å². The van der Waals surface area contributed by atoms with Gasteiger partial charge in [-0.2, -0.15) is 13.2 Å². The molecule has 1 unspecified atom stereocenters. The van der Waals surface area contributed by atoms with Crippen LogP contribution in [0.25, 0.3) is 5.76 Å². The Bertz CT molecular complexity index is 1380. The topological polar surface area (TPSA) is 66.8 Å². The van der Waals surface area contributed by atoms with E-state index in [9.17, 15) is 27.9 Å². The number of benzene rings is 3. The largest absolute Gasteiger partial charge is 0.507 e. The molecule has 1 aliphatic rings. The summed E-state index contributed by atoms with van der Waals surface area (Å²) in [4.78, 5) is 27.5. The molecule has 1 saturated heterocycles. The van der Waals surface area contributed by atoms with E-state index in [-0.39, 0.29) is 21.8 Å². The zero-order valence-corrected chi connectivity index (χ0v) is 20.0. The summed E-state index contributed by atoms with van der Waals surface area (Å²) in [6, 6.07) is 14.3. The molecule has 1 atom stereocenters. The lowest BCUT2D eigenvalue weighted by molar-refractivity contribution is -0.137. The summed E-state index contributed by atoms with van der Waals surface area (Å²) in [5.41, 5.74) is -0.117. The second-order valence-corrected chi connectivity index (χ2v) is 8.61. The molecule has 186 valence electrons. The first-order valence-electron chi connectivity index (χ1n) is 11.0. The Labute approximate surface area is 210 Å². The lowest BCUT2D eigenvalue weighted by Crippen LogP contribution is -2.29. The van der Waals surface area contributed by atoms with Crippen LogP contribution in [0.4, 0.5) is 18.9 Å². The number of aliphatic hydroxyl groups excluding tert-OH is 1. The van der Waals surface area contributed by atoms with Gasteiger partial charge >= 0.3 is 6.18 Å². The van der Waals surface area contributed by atoms with Crippen molar-refractivity contribution in [2.45, 2.75) is 26.1 Å². The number of amides is 1. The third-order valence-corrected chi connectivity index (χ3v) is 6.09. The monoisotopic (exact) mass is 515 g/mol. The predicted molar refractivity (Wildman–Crippen MR) is 130 cm³/mol. The Morgan fingerprint density at radius 1 is 1.06 bits per heavy atom. The maximum absolute atomic E-state index is 13.4. The first-order valence-corrected chi connectivity index (χ1v) is 11.4. The lowest BCUT2D eigenvalue weighted by atomic mass is 9.94. The summed E-state index contributed by atoms with van der Waals surface area (Å²) in [5, 5.41) is 11.4. The molecule has 0 spiro atoms. The van der Waals surface area contributed by atoms with Gasteiger partial charge in [0.1, 0.15) is 11.5 Å². The van der Waals surface area contributed by atoms with E-state index < -0.39 is 35.2 Å². The number of aryl methyl sites for hydroxylation is 1. The summed E-state index contributed by atoms with van der Waals surface area (Å²) >= 11 is 6.31. The molecule has 0 aromatic heterocycles. The van der Waals surface area contributed by atoms with Crippen LogP contribution in [0.2, 0.25) is 5.02 Å². The zero-order chi connectivity index (χ0) is 26.2. The summed E-state index contributed by atoms with van der Waals surface area (Å²) < 4.78 is 45.7. The van der Waals surface area contributed by atoms with Gasteiger partial charge in [-0.15, -0.1) is 0 Å². The molecule has 36 heavy (non-hydrogen) atoms. The second kappa shape index (κ2) is 9.70. The van der Waals surface area contributed by atoms with Gasteiger partial charge in [0.15, 0.2) is 0 Å². The minimum Gasteiger partial charge on any atom is -0.507 e. The maximum atomic E-state index is 13.4. The van der Waals surface area contributed by atoms with Crippen molar-refractivity contribution < 1.29 is 32.6 Å². The molecular formula is C27H21ClF3NO4. The quantitative estimate of drug-likeness (QED) is 0.233. The van der Waals surface area contributed by atoms with Crippen LogP contribution < -0.4 is 9.64 Å². The average molecular weight is 516 g/mol. The van der Waals surface area contributed by atoms with Gasteiger partial charge in [-0.1, -0.05) is 47.5 Å². The number of alkyl halides is 3. The summed E-state index contributed by atoms with van der Waals surface area (Å²) in [7, 11) is 0. The summed E-state index contributed by atoms with van der Waals surface area (Å²) in [6.45, 7) is 3.90. The van der Waals surface area contributed by atoms with E-state index in [1.54, 1.807) is 44.2 Å². The van der Waals surface area contributed by atoms with Gasteiger partial charge in [0.2, 0.25) is 0 Å². The molecule has 3 aromatic carbocycles. The lowest BCUT2D eigenvalue weighted by Gasteiger charge is -2.26. The number of halogens is 4. The minimum atomic E-state index is -4.66. The Morgan fingerprint density at radius 2 is 1.78 bits per heavy atom. The molecule has 1 amide bonds. The highest BCUT2D eigenvalue weighted by Gasteiger charge is 2.47. The van der Waals surface area contributed by atoms with Crippen molar-refractivity contribution in [3.63, 3.8) is 0 Å². The number of Topliss-reactive ketones (excluding diaryl/α,β-unsaturated/α-hetero) is 1. The van der Waals surface area contributed by atoms with Crippen LogP contribution in [0.5, 0.6) is 5.75 Å². The molecular weight excluding hydrogens is 495 g/mol. The van der Waals surface area contributed by atoms with E-state index in [0.717, 1.165) is 28.7 Å². The average Bonchev–Trinajstić information content (AvgIpc) is 3.10. The van der Waals surface area contributed by atoms with Gasteiger partial charge in [0.25, 0.3) is 11.7 Å². The molecule has 1 heterocycles. The first-order chi connectivity index (χ1) is 17.0. The number of aliphatic hydroxyl groups is 1. The Balaban J connectivity index is 1.97. The number of carbonyl (C=O) groups is 2. The van der Waals surface area contributed by atoms with Crippen LogP contribution in [0.1, 0.15) is 35.2 Å². The van der Waals surface area contributed by atoms with Crippen molar-refractivity contribution in [2.75, 3.05) is 11.5 Å². The highest BCUT2D eigenvalue weighted by atomic mass is 35.5. The number of hydrogen-bond acceptors (Lipinski definition) is 4. The SMILES string of the molecule is CCOc1ccc(Cl)c(/C(O)=C2\C(=O)C(=O)N(c3cccc(C(F)(F)F)c3)C2c2cccc(C)c2)c1. The molecule has 0 radical (unpaired) electrons. The number of ether oxygens (including phenoxy) is 1. The maximum Gasteiger partial charge on any atom is 0.416 e. The number of nitrogens with zero attached hydrogens (tertiary/aromatic N) is 1. The van der Waals surface area contributed by atoms with Crippen LogP contribution >= 0.6 is 11.6 Å². The number of anilines is 1. The van der Waals surface area contributed by atoms with E-state index in [4.69, 9.17) is 16.3 Å². The third-order valence-electron chi connectivity index (χ3n) is 5.76. The van der Waals surface area contributed by atoms with E-state index in [2.05, 4.69) is 0 Å². The Hall–Kier alpha value is -3.78. The highest BCUT2D eigenvalue weighted by Crippen LogP contribution is 2.44. The number of carbonyl (C=O) groups excluding carboxylic acids is 2. The molecule has 3 aromatic rings. The molecule has 1 fully saturated rings. The number of ketones is 1. The molecule has 5 nitrogen and oxygen atoms in total. The van der Waals surface area contributed by atoms with E-state index >= 15 is 0 Å². The van der Waals surface area contributed by atoms with Gasteiger partial charge in [0, 0.05) is 11.3 Å². The van der Waals surface area contributed by atoms with Gasteiger partial charge < -0.3 is 9.84 Å². The fraction of sp³-hybridized carbons (Fsp3) is 0.185. The fourth-order valence-electron chi connectivity index (χ4n) is 4.17. The second-order valence-electron chi connectivity index (χ2n) is 8.21. The van der Waals surface area contributed by atoms with Gasteiger partial charge in [-0.3, -0.25) is 14.5 Å². The Kier molecular flexibility index (Phi) is 6.82. The normalized spacial score (nSPS) is 17.5. The van der Waals surface area contributed by atoms with Gasteiger partial charge in [0.05, 0.1) is 28.8 Å². The van der Waals surface area contributed by atoms with Gasteiger partial charge in [-0.25, -0.2) is 0 Å². The first kappa shape index (κ1) is 25.3. The predicted octanol–water partition coefficient (Wildman–Crippen LogP) is 6.69. The molecule has 0 bridgehead atoms. The van der Waals surface area contributed by atoms with Crippen molar-refractivity contribution in [3.05, 3.63) is 99.6 Å². The molecule has 0 aliphatic carbocycles. The minimum absolute atomic E-state index is 0.0577. The van der Waals surface area contributed by atoms with Crippen molar-refractivity contribution in [1.82, 2.24) is 0 Å². The molecule has 9 heteroatoms. The number of rotatable bonds is 5. The molecule has 4 rings (SSSR count). The third kappa shape index (κ3) is 4.68. The van der Waals surface area contributed by atoms with Gasteiger partial charge in [-0.05, 0) is 55.8 Å². The highest BCUT2D eigenvalue weighted by molar-refractivity contribution is 6.52. The standard InChI is InChI=1S/C27H21ClF3NO4/c1-3-36-19-10-11-21(28)20(14-19)24(33)22-23(16-7-4-6-15(2)12-16)32(26(35)25(22)34)18-9-5-8-17(13-18)27(29,30)31/h4-14,23,33H,3H2,1-2H3/b24-22+. The van der Waals surface area contributed by atoms with E-state index in [1.807, 2.05) is 0 Å². The fourth-order valence-corrected chi connectivity index (χ4v) is 4.38. The number of hydrogen-bond donors (Lipinski definition) is 1. The van der Waals surface area contributed by atoms with Crippen LogP contribution in [0.15, 0.2) is 72.3 Å². The smallest absolute Gasteiger partial charge is 0.416 e. The summed E-state index contributed by atoms with van der Waals surface area (Å²) in [6.07, 6.45) is -4.66.